The van der Waals surface area contributed by atoms with Gasteiger partial charge in [0.1, 0.15) is 6.61 Å². The van der Waals surface area contributed by atoms with Gasteiger partial charge in [-0.2, -0.15) is 0 Å². The van der Waals surface area contributed by atoms with Crippen LogP contribution >= 0.6 is 0 Å². The fourth-order valence-corrected chi connectivity index (χ4v) is 5.78. The Kier molecular flexibility index (Phi) is 6.50. The van der Waals surface area contributed by atoms with Crippen LogP contribution in [0.15, 0.2) is 48.5 Å². The van der Waals surface area contributed by atoms with Crippen LogP contribution in [0.1, 0.15) is 68.4 Å². The standard InChI is InChI=1S/C28H32N2O5/c31-25(29-24-12-6-1-7-18(24)15-26(32)33)16-28(13-14-28)30-27(34)35-17-23-21-10-4-2-8-19(21)20-9-3-5-11-22(20)23/h2-5,8-11,18,23-24H,1,6-7,12-17H2,(H,29,31)(H,30,34)(H,32,33)/t18-,24-/m0/s1. The summed E-state index contributed by atoms with van der Waals surface area (Å²) in [5, 5.41) is 15.2. The fourth-order valence-electron chi connectivity index (χ4n) is 5.78. The average Bonchev–Trinajstić information content (AvgIpc) is 3.50. The van der Waals surface area contributed by atoms with Crippen molar-refractivity contribution in [2.75, 3.05) is 6.61 Å². The molecule has 3 aliphatic rings. The number of carbonyl (C=O) groups excluding carboxylic acids is 2. The summed E-state index contributed by atoms with van der Waals surface area (Å²) >= 11 is 0. The highest BCUT2D eigenvalue weighted by atomic mass is 16.5. The minimum Gasteiger partial charge on any atom is -0.481 e. The zero-order valence-corrected chi connectivity index (χ0v) is 19.8. The Balaban J connectivity index is 1.15. The highest BCUT2D eigenvalue weighted by Crippen LogP contribution is 2.45. The van der Waals surface area contributed by atoms with Crippen LogP contribution in [-0.2, 0) is 14.3 Å². The maximum atomic E-state index is 12.8. The van der Waals surface area contributed by atoms with Gasteiger partial charge in [0.15, 0.2) is 0 Å². The monoisotopic (exact) mass is 476 g/mol. The number of amides is 2. The van der Waals surface area contributed by atoms with Gasteiger partial charge < -0.3 is 20.5 Å². The normalized spacial score (nSPS) is 21.9. The van der Waals surface area contributed by atoms with Gasteiger partial charge in [0.05, 0.1) is 12.0 Å². The lowest BCUT2D eigenvalue weighted by Gasteiger charge is -2.31. The number of benzene rings is 2. The molecule has 0 aromatic heterocycles. The van der Waals surface area contributed by atoms with E-state index in [0.29, 0.717) is 0 Å². The molecular formula is C28H32N2O5. The Labute approximate surface area is 205 Å². The molecule has 0 radical (unpaired) electrons. The molecule has 3 aliphatic carbocycles. The lowest BCUT2D eigenvalue weighted by atomic mass is 9.82. The van der Waals surface area contributed by atoms with Gasteiger partial charge in [0, 0.05) is 18.4 Å². The molecule has 0 unspecified atom stereocenters. The maximum absolute atomic E-state index is 12.8. The average molecular weight is 477 g/mol. The van der Waals surface area contributed by atoms with Crippen LogP contribution < -0.4 is 10.6 Å². The van der Waals surface area contributed by atoms with E-state index in [2.05, 4.69) is 34.9 Å². The van der Waals surface area contributed by atoms with Crippen LogP contribution in [0.2, 0.25) is 0 Å². The molecular weight excluding hydrogens is 444 g/mol. The molecule has 7 heteroatoms. The first-order valence-electron chi connectivity index (χ1n) is 12.6. The molecule has 0 heterocycles. The number of ether oxygens (including phenoxy) is 1. The number of fused-ring (bicyclic) bond motifs is 3. The van der Waals surface area contributed by atoms with Gasteiger partial charge in [0.25, 0.3) is 0 Å². The third-order valence-corrected chi connectivity index (χ3v) is 7.76. The lowest BCUT2D eigenvalue weighted by molar-refractivity contribution is -0.139. The minimum absolute atomic E-state index is 0.0101. The van der Waals surface area contributed by atoms with Crippen molar-refractivity contribution in [3.8, 4) is 11.1 Å². The summed E-state index contributed by atoms with van der Waals surface area (Å²) in [6, 6.07) is 16.3. The summed E-state index contributed by atoms with van der Waals surface area (Å²) in [6.07, 6.45) is 4.83. The van der Waals surface area contributed by atoms with Crippen molar-refractivity contribution in [1.82, 2.24) is 10.6 Å². The summed E-state index contributed by atoms with van der Waals surface area (Å²) in [7, 11) is 0. The van der Waals surface area contributed by atoms with E-state index in [1.54, 1.807) is 0 Å². The highest BCUT2D eigenvalue weighted by molar-refractivity contribution is 5.81. The van der Waals surface area contributed by atoms with Gasteiger partial charge >= 0.3 is 12.1 Å². The molecule has 184 valence electrons. The molecule has 5 rings (SSSR count). The molecule has 35 heavy (non-hydrogen) atoms. The molecule has 2 atom stereocenters. The first-order valence-corrected chi connectivity index (χ1v) is 12.6. The molecule has 2 aromatic rings. The molecule has 0 aliphatic heterocycles. The Hall–Kier alpha value is -3.35. The largest absolute Gasteiger partial charge is 0.481 e. The maximum Gasteiger partial charge on any atom is 0.407 e. The summed E-state index contributed by atoms with van der Waals surface area (Å²) in [5.41, 5.74) is 4.10. The van der Waals surface area contributed by atoms with E-state index in [-0.39, 0.29) is 43.2 Å². The second-order valence-corrected chi connectivity index (χ2v) is 10.2. The van der Waals surface area contributed by atoms with Crippen LogP contribution in [0.4, 0.5) is 4.79 Å². The molecule has 2 aromatic carbocycles. The number of hydrogen-bond donors (Lipinski definition) is 3. The Morgan fingerprint density at radius 2 is 1.57 bits per heavy atom. The van der Waals surface area contributed by atoms with Crippen LogP contribution in [-0.4, -0.2) is 41.3 Å². The molecule has 2 amide bonds. The van der Waals surface area contributed by atoms with Crippen molar-refractivity contribution in [2.24, 2.45) is 5.92 Å². The van der Waals surface area contributed by atoms with Crippen molar-refractivity contribution in [2.45, 2.75) is 68.9 Å². The highest BCUT2D eigenvalue weighted by Gasteiger charge is 2.47. The van der Waals surface area contributed by atoms with Crippen LogP contribution in [0.3, 0.4) is 0 Å². The van der Waals surface area contributed by atoms with E-state index < -0.39 is 17.6 Å². The number of carbonyl (C=O) groups is 3. The molecule has 0 bridgehead atoms. The Morgan fingerprint density at radius 1 is 0.943 bits per heavy atom. The number of alkyl carbamates (subject to hydrolysis) is 1. The van der Waals surface area contributed by atoms with Crippen LogP contribution in [0.5, 0.6) is 0 Å². The van der Waals surface area contributed by atoms with Gasteiger partial charge in [-0.25, -0.2) is 4.79 Å². The number of carboxylic acid groups (broad SMARTS) is 1. The van der Waals surface area contributed by atoms with Gasteiger partial charge in [-0.1, -0.05) is 61.4 Å². The third-order valence-electron chi connectivity index (χ3n) is 7.76. The summed E-state index contributed by atoms with van der Waals surface area (Å²) in [5.74, 6) is -1.00. The summed E-state index contributed by atoms with van der Waals surface area (Å²) in [6.45, 7) is 0.237. The smallest absolute Gasteiger partial charge is 0.407 e. The van der Waals surface area contributed by atoms with Crippen LogP contribution in [0, 0.1) is 5.92 Å². The molecule has 3 N–H and O–H groups in total. The minimum atomic E-state index is -0.827. The van der Waals surface area contributed by atoms with Gasteiger partial charge in [0.2, 0.25) is 5.91 Å². The van der Waals surface area contributed by atoms with Gasteiger partial charge in [-0.3, -0.25) is 9.59 Å². The second kappa shape index (κ2) is 9.72. The van der Waals surface area contributed by atoms with Crippen molar-refractivity contribution in [3.63, 3.8) is 0 Å². The van der Waals surface area contributed by atoms with Crippen molar-refractivity contribution in [3.05, 3.63) is 59.7 Å². The molecule has 0 spiro atoms. The summed E-state index contributed by atoms with van der Waals surface area (Å²) < 4.78 is 5.66. The van der Waals surface area contributed by atoms with E-state index in [1.165, 1.54) is 11.1 Å². The van der Waals surface area contributed by atoms with Gasteiger partial charge in [-0.05, 0) is 53.9 Å². The molecule has 2 saturated carbocycles. The third kappa shape index (κ3) is 5.19. The number of rotatable bonds is 8. The first kappa shape index (κ1) is 23.4. The molecule has 2 fully saturated rings. The molecule has 0 saturated heterocycles. The van der Waals surface area contributed by atoms with Gasteiger partial charge in [-0.15, -0.1) is 0 Å². The predicted octanol–water partition coefficient (Wildman–Crippen LogP) is 4.60. The fraction of sp³-hybridized carbons (Fsp3) is 0.464. The molecule has 7 nitrogen and oxygen atoms in total. The van der Waals surface area contributed by atoms with Crippen molar-refractivity contribution < 1.29 is 24.2 Å². The van der Waals surface area contributed by atoms with E-state index >= 15 is 0 Å². The summed E-state index contributed by atoms with van der Waals surface area (Å²) in [4.78, 5) is 36.6. The number of nitrogens with one attached hydrogen (secondary N) is 2. The van der Waals surface area contributed by atoms with E-state index in [9.17, 15) is 19.5 Å². The zero-order chi connectivity index (χ0) is 24.4. The zero-order valence-electron chi connectivity index (χ0n) is 19.8. The number of carboxylic acids is 1. The van der Waals surface area contributed by atoms with Crippen molar-refractivity contribution >= 4 is 18.0 Å². The Bertz CT molecular complexity index is 1080. The topological polar surface area (TPSA) is 105 Å². The second-order valence-electron chi connectivity index (χ2n) is 10.2. The number of aliphatic carboxylic acids is 1. The Morgan fingerprint density at radius 3 is 2.20 bits per heavy atom. The predicted molar refractivity (Wildman–Crippen MR) is 131 cm³/mol. The lowest BCUT2D eigenvalue weighted by Crippen LogP contribution is -2.46. The van der Waals surface area contributed by atoms with E-state index in [4.69, 9.17) is 4.74 Å². The first-order chi connectivity index (χ1) is 16.9. The van der Waals surface area contributed by atoms with E-state index in [1.807, 2.05) is 24.3 Å². The van der Waals surface area contributed by atoms with E-state index in [0.717, 1.165) is 49.7 Å². The van der Waals surface area contributed by atoms with Crippen molar-refractivity contribution in [1.29, 1.82) is 0 Å². The quantitative estimate of drug-likeness (QED) is 0.517. The van der Waals surface area contributed by atoms with Crippen LogP contribution in [0.25, 0.3) is 11.1 Å². The SMILES string of the molecule is O=C(O)C[C@@H]1CCCC[C@@H]1NC(=O)CC1(NC(=O)OCC2c3ccccc3-c3ccccc32)CC1. The number of hydrogen-bond acceptors (Lipinski definition) is 4.